The van der Waals surface area contributed by atoms with E-state index in [1.54, 1.807) is 7.11 Å². The molecule has 4 bridgehead atoms. The maximum atomic E-state index is 12.6. The number of halogens is 1. The molecule has 0 radical (unpaired) electrons. The molecule has 0 spiro atoms. The average Bonchev–Trinajstić information content (AvgIpc) is 2.42. The topological polar surface area (TPSA) is 64.6 Å². The van der Waals surface area contributed by atoms with Gasteiger partial charge in [0.25, 0.3) is 5.91 Å². The lowest BCUT2D eigenvalue weighted by molar-refractivity contribution is -0.171. The van der Waals surface area contributed by atoms with Crippen LogP contribution in [-0.2, 0) is 19.1 Å². The van der Waals surface area contributed by atoms with E-state index in [2.05, 4.69) is 5.32 Å². The fourth-order valence-electron chi connectivity index (χ4n) is 5.02. The number of methoxy groups -OCH3 is 1. The maximum absolute atomic E-state index is 12.6. The Bertz CT molecular complexity index is 453. The second kappa shape index (κ2) is 6.00. The van der Waals surface area contributed by atoms with Crippen molar-refractivity contribution < 1.29 is 19.1 Å². The highest BCUT2D eigenvalue weighted by Crippen LogP contribution is 2.64. The van der Waals surface area contributed by atoms with E-state index in [1.807, 2.05) is 0 Å². The molecule has 4 saturated carbocycles. The third-order valence-electron chi connectivity index (χ3n) is 5.39. The number of hydrogen-bond donors (Lipinski definition) is 1. The summed E-state index contributed by atoms with van der Waals surface area (Å²) in [6.45, 7) is 0.656. The molecule has 0 aromatic heterocycles. The van der Waals surface area contributed by atoms with Crippen LogP contribution in [0, 0.1) is 17.3 Å². The molecule has 1 amide bonds. The third-order valence-corrected chi connectivity index (χ3v) is 5.83. The molecule has 6 heteroatoms. The summed E-state index contributed by atoms with van der Waals surface area (Å²) in [6, 6.07) is 0. The number of hydrogen-bond acceptors (Lipinski definition) is 4. The van der Waals surface area contributed by atoms with Crippen LogP contribution in [0.3, 0.4) is 0 Å². The number of alkyl halides is 1. The van der Waals surface area contributed by atoms with Crippen molar-refractivity contribution in [3.05, 3.63) is 0 Å². The van der Waals surface area contributed by atoms with Gasteiger partial charge in [0.2, 0.25) is 0 Å². The molecule has 0 aliphatic heterocycles. The number of amides is 1. The van der Waals surface area contributed by atoms with Crippen molar-refractivity contribution in [3.63, 3.8) is 0 Å². The highest BCUT2D eigenvalue weighted by atomic mass is 35.5. The summed E-state index contributed by atoms with van der Waals surface area (Å²) in [5.74, 6) is 0.577. The number of nitrogens with one attached hydrogen (secondary N) is 1. The molecule has 0 heterocycles. The van der Waals surface area contributed by atoms with Crippen molar-refractivity contribution in [1.29, 1.82) is 0 Å². The average molecular weight is 330 g/mol. The SMILES string of the molecule is COCCNC(=O)COC(=O)C12C[C@@H]3C[C@H](CC(Cl)(C3)C1)C2. The van der Waals surface area contributed by atoms with Crippen LogP contribution in [0.5, 0.6) is 0 Å². The van der Waals surface area contributed by atoms with Crippen molar-refractivity contribution in [2.75, 3.05) is 26.9 Å². The summed E-state index contributed by atoms with van der Waals surface area (Å²) in [7, 11) is 1.57. The van der Waals surface area contributed by atoms with E-state index in [-0.39, 0.29) is 23.4 Å². The summed E-state index contributed by atoms with van der Waals surface area (Å²) >= 11 is 6.71. The molecule has 4 rings (SSSR count). The molecular weight excluding hydrogens is 306 g/mol. The Kier molecular flexibility index (Phi) is 4.38. The van der Waals surface area contributed by atoms with Gasteiger partial charge in [-0.05, 0) is 50.4 Å². The first-order valence-corrected chi connectivity index (χ1v) is 8.44. The standard InChI is InChI=1S/C16H24ClNO4/c1-21-3-2-18-13(19)9-22-14(20)15-5-11-4-12(6-15)8-16(17,7-11)10-15/h11-12H,2-10H2,1H3,(H,18,19)/t11-,12-,15?,16?/m0/s1. The summed E-state index contributed by atoms with van der Waals surface area (Å²) in [5.41, 5.74) is -0.446. The van der Waals surface area contributed by atoms with E-state index in [1.165, 1.54) is 6.42 Å². The van der Waals surface area contributed by atoms with Crippen LogP contribution in [0.25, 0.3) is 0 Å². The van der Waals surface area contributed by atoms with Crippen molar-refractivity contribution in [2.45, 2.75) is 43.4 Å². The normalized spacial score (nSPS) is 38.8. The molecule has 0 aromatic carbocycles. The van der Waals surface area contributed by atoms with Gasteiger partial charge in [-0.3, -0.25) is 9.59 Å². The smallest absolute Gasteiger partial charge is 0.312 e. The van der Waals surface area contributed by atoms with E-state index in [0.29, 0.717) is 31.4 Å². The van der Waals surface area contributed by atoms with Crippen LogP contribution in [0.4, 0.5) is 0 Å². The lowest BCUT2D eigenvalue weighted by atomic mass is 9.49. The van der Waals surface area contributed by atoms with Crippen LogP contribution < -0.4 is 5.32 Å². The highest BCUT2D eigenvalue weighted by Gasteiger charge is 2.60. The van der Waals surface area contributed by atoms with E-state index in [0.717, 1.165) is 25.7 Å². The Labute approximate surface area is 136 Å². The van der Waals surface area contributed by atoms with Crippen LogP contribution in [-0.4, -0.2) is 43.6 Å². The lowest BCUT2D eigenvalue weighted by Crippen LogP contribution is -2.56. The maximum Gasteiger partial charge on any atom is 0.312 e. The first-order chi connectivity index (χ1) is 10.4. The molecule has 0 unspecified atom stereocenters. The van der Waals surface area contributed by atoms with Crippen LogP contribution in [0.1, 0.15) is 38.5 Å². The monoisotopic (exact) mass is 329 g/mol. The Morgan fingerprint density at radius 2 is 1.91 bits per heavy atom. The minimum Gasteiger partial charge on any atom is -0.455 e. The molecule has 0 saturated heterocycles. The first-order valence-electron chi connectivity index (χ1n) is 8.06. The predicted octanol–water partition coefficient (Wildman–Crippen LogP) is 1.87. The van der Waals surface area contributed by atoms with E-state index >= 15 is 0 Å². The summed E-state index contributed by atoms with van der Waals surface area (Å²) in [6.07, 6.45) is 5.71. The van der Waals surface area contributed by atoms with E-state index in [4.69, 9.17) is 21.1 Å². The first kappa shape index (κ1) is 16.1. The minimum absolute atomic E-state index is 0.213. The second-order valence-electron chi connectivity index (χ2n) is 7.31. The van der Waals surface area contributed by atoms with Gasteiger partial charge in [-0.1, -0.05) is 0 Å². The van der Waals surface area contributed by atoms with Gasteiger partial charge in [-0.25, -0.2) is 0 Å². The fraction of sp³-hybridized carbons (Fsp3) is 0.875. The van der Waals surface area contributed by atoms with Crippen molar-refractivity contribution in [2.24, 2.45) is 17.3 Å². The summed E-state index contributed by atoms with van der Waals surface area (Å²) < 4.78 is 10.2. The van der Waals surface area contributed by atoms with Crippen LogP contribution >= 0.6 is 11.6 Å². The minimum atomic E-state index is -0.446. The zero-order chi connectivity index (χ0) is 15.8. The Morgan fingerprint density at radius 1 is 1.23 bits per heavy atom. The molecule has 2 atom stereocenters. The second-order valence-corrected chi connectivity index (χ2v) is 8.11. The predicted molar refractivity (Wildman–Crippen MR) is 81.5 cm³/mol. The number of rotatable bonds is 6. The van der Waals surface area contributed by atoms with E-state index in [9.17, 15) is 9.59 Å². The molecule has 4 aliphatic rings. The van der Waals surface area contributed by atoms with Crippen LogP contribution in [0.2, 0.25) is 0 Å². The zero-order valence-electron chi connectivity index (χ0n) is 13.0. The van der Waals surface area contributed by atoms with Gasteiger partial charge in [0.1, 0.15) is 0 Å². The van der Waals surface area contributed by atoms with Crippen molar-refractivity contribution in [1.82, 2.24) is 5.32 Å². The Morgan fingerprint density at radius 3 is 2.50 bits per heavy atom. The van der Waals surface area contributed by atoms with Gasteiger partial charge in [0.05, 0.1) is 12.0 Å². The van der Waals surface area contributed by atoms with Gasteiger partial charge >= 0.3 is 5.97 Å². The number of carbonyl (C=O) groups is 2. The molecule has 22 heavy (non-hydrogen) atoms. The molecule has 0 aromatic rings. The van der Waals surface area contributed by atoms with Gasteiger partial charge in [0.15, 0.2) is 6.61 Å². The van der Waals surface area contributed by atoms with Crippen molar-refractivity contribution in [3.8, 4) is 0 Å². The molecule has 1 N–H and O–H groups in total. The van der Waals surface area contributed by atoms with Gasteiger partial charge < -0.3 is 14.8 Å². The molecule has 5 nitrogen and oxygen atoms in total. The molecule has 124 valence electrons. The molecule has 4 fully saturated rings. The summed E-state index contributed by atoms with van der Waals surface area (Å²) in [4.78, 5) is 24.0. The number of ether oxygens (including phenoxy) is 2. The van der Waals surface area contributed by atoms with Gasteiger partial charge in [-0.2, -0.15) is 0 Å². The largest absolute Gasteiger partial charge is 0.455 e. The number of carbonyl (C=O) groups excluding carboxylic acids is 2. The van der Waals surface area contributed by atoms with E-state index < -0.39 is 5.41 Å². The van der Waals surface area contributed by atoms with Crippen LogP contribution in [0.15, 0.2) is 0 Å². The Hall–Kier alpha value is -0.810. The Balaban J connectivity index is 1.55. The zero-order valence-corrected chi connectivity index (χ0v) is 13.8. The fourth-order valence-corrected chi connectivity index (χ4v) is 5.71. The molecule has 4 aliphatic carbocycles. The molecular formula is C16H24ClNO4. The number of esters is 1. The van der Waals surface area contributed by atoms with Gasteiger partial charge in [0, 0.05) is 18.5 Å². The third kappa shape index (κ3) is 3.11. The quantitative estimate of drug-likeness (QED) is 0.459. The summed E-state index contributed by atoms with van der Waals surface area (Å²) in [5, 5.41) is 2.65. The van der Waals surface area contributed by atoms with Gasteiger partial charge in [-0.15, -0.1) is 11.6 Å². The van der Waals surface area contributed by atoms with Crippen molar-refractivity contribution >= 4 is 23.5 Å². The lowest BCUT2D eigenvalue weighted by Gasteiger charge is -2.58. The highest BCUT2D eigenvalue weighted by molar-refractivity contribution is 6.24.